The van der Waals surface area contributed by atoms with Gasteiger partial charge >= 0.3 is 0 Å². The maximum absolute atomic E-state index is 10.4. The minimum atomic E-state index is -0.171. The zero-order valence-electron chi connectivity index (χ0n) is 4.39. The first-order chi connectivity index (χ1) is 3.72. The van der Waals surface area contributed by atoms with Gasteiger partial charge in [-0.15, -0.1) is 0 Å². The molecule has 0 N–H and O–H groups in total. The fraction of sp³-hybridized carbons (Fsp3) is 0.400. The Morgan fingerprint density at radius 1 is 1.25 bits per heavy atom. The normalized spacial score (nSPS) is 20.4. The third kappa shape index (κ3) is 0.598. The van der Waals surface area contributed by atoms with Crippen molar-refractivity contribution in [2.75, 3.05) is 0 Å². The topological polar surface area (TPSA) is 37.4 Å². The van der Waals surface area contributed by atoms with E-state index in [1.165, 1.54) is 0 Å². The van der Waals surface area contributed by atoms with Crippen LogP contribution in [0.5, 0.6) is 0 Å². The van der Waals surface area contributed by atoms with Gasteiger partial charge in [-0.25, -0.2) is 7.05 Å². The van der Waals surface area contributed by atoms with Gasteiger partial charge in [0, 0.05) is 12.8 Å². The van der Waals surface area contributed by atoms with E-state index in [1.807, 2.05) is 0 Å². The molecule has 0 aliphatic carbocycles. The highest BCUT2D eigenvalue weighted by Crippen LogP contribution is 2.08. The van der Waals surface area contributed by atoms with Crippen molar-refractivity contribution in [3.8, 4) is 0 Å². The van der Waals surface area contributed by atoms with Crippen LogP contribution in [0.3, 0.4) is 0 Å². The lowest BCUT2D eigenvalue weighted by molar-refractivity contribution is -0.135. The van der Waals surface area contributed by atoms with Crippen molar-refractivity contribution in [2.24, 2.45) is 0 Å². The molecule has 44 valence electrons. The molecule has 0 aromatic heterocycles. The summed E-state index contributed by atoms with van der Waals surface area (Å²) in [6.07, 6.45) is 0.671. The van der Waals surface area contributed by atoms with Gasteiger partial charge in [0.25, 0.3) is 0 Å². The molecule has 1 aliphatic rings. The number of carbonyl (C=O) groups is 2. The van der Waals surface area contributed by atoms with Gasteiger partial charge in [0.05, 0.1) is 0 Å². The zero-order valence-corrected chi connectivity index (χ0v) is 4.39. The summed E-state index contributed by atoms with van der Waals surface area (Å²) in [4.78, 5) is 21.8. The van der Waals surface area contributed by atoms with Gasteiger partial charge in [0.15, 0.2) is 11.8 Å². The van der Waals surface area contributed by atoms with Crippen LogP contribution >= 0.6 is 0 Å². The van der Waals surface area contributed by atoms with E-state index in [1.54, 1.807) is 0 Å². The van der Waals surface area contributed by atoms with Crippen molar-refractivity contribution in [3.05, 3.63) is 7.05 Å². The third-order valence-electron chi connectivity index (χ3n) is 1.15. The number of amides is 2. The predicted molar refractivity (Wildman–Crippen MR) is 26.4 cm³/mol. The molecule has 3 nitrogen and oxygen atoms in total. The van der Waals surface area contributed by atoms with Gasteiger partial charge in [-0.3, -0.25) is 9.59 Å². The first-order valence-electron chi connectivity index (χ1n) is 2.38. The van der Waals surface area contributed by atoms with Crippen molar-refractivity contribution in [1.29, 1.82) is 0 Å². The second-order valence-electron chi connectivity index (χ2n) is 1.72. The van der Waals surface area contributed by atoms with Gasteiger partial charge in [-0.05, 0) is 0 Å². The zero-order chi connectivity index (χ0) is 6.15. The number of hydrogen-bond acceptors (Lipinski definition) is 2. The average Bonchev–Trinajstić information content (AvgIpc) is 1.98. The van der Waals surface area contributed by atoms with E-state index < -0.39 is 0 Å². The number of carbonyl (C=O) groups excluding carboxylic acids is 2. The van der Waals surface area contributed by atoms with Crippen molar-refractivity contribution in [2.45, 2.75) is 12.8 Å². The van der Waals surface area contributed by atoms with Crippen LogP contribution in [0.25, 0.3) is 0 Å². The Morgan fingerprint density at radius 2 is 1.62 bits per heavy atom. The van der Waals surface area contributed by atoms with E-state index in [4.69, 9.17) is 0 Å². The SMILES string of the molecule is [CH2-]N1C(=O)CCC1=O. The fourth-order valence-corrected chi connectivity index (χ4v) is 0.623. The quantitative estimate of drug-likeness (QED) is 0.325. The molecule has 8 heavy (non-hydrogen) atoms. The molecule has 0 atom stereocenters. The van der Waals surface area contributed by atoms with Crippen LogP contribution in [-0.2, 0) is 9.59 Å². The summed E-state index contributed by atoms with van der Waals surface area (Å²) >= 11 is 0. The smallest absolute Gasteiger partial charge is 0.200 e. The number of nitrogens with zero attached hydrogens (tertiary/aromatic N) is 1. The summed E-state index contributed by atoms with van der Waals surface area (Å²) in [5, 5.41) is 0. The van der Waals surface area contributed by atoms with Crippen molar-refractivity contribution in [3.63, 3.8) is 0 Å². The molecule has 1 fully saturated rings. The number of imide groups is 1. The Kier molecular flexibility index (Phi) is 1.04. The van der Waals surface area contributed by atoms with Gasteiger partial charge in [-0.1, -0.05) is 0 Å². The molecule has 1 heterocycles. The lowest BCUT2D eigenvalue weighted by Crippen LogP contribution is -2.20. The van der Waals surface area contributed by atoms with Crippen molar-refractivity contribution >= 4 is 11.8 Å². The highest BCUT2D eigenvalue weighted by molar-refractivity contribution is 6.02. The summed E-state index contributed by atoms with van der Waals surface area (Å²) in [6.45, 7) is 0. The number of rotatable bonds is 0. The second kappa shape index (κ2) is 1.58. The van der Waals surface area contributed by atoms with Crippen molar-refractivity contribution in [1.82, 2.24) is 4.90 Å². The highest BCUT2D eigenvalue weighted by atomic mass is 16.2. The number of likely N-dealkylation sites (tertiary alicyclic amines) is 1. The summed E-state index contributed by atoms with van der Waals surface area (Å²) in [5.74, 6) is -0.343. The molecule has 1 rings (SSSR count). The molecule has 2 amide bonds. The second-order valence-corrected chi connectivity index (χ2v) is 1.72. The fourth-order valence-electron chi connectivity index (χ4n) is 0.623. The molecular formula is C5H6NO2-. The van der Waals surface area contributed by atoms with Crippen LogP contribution in [0.4, 0.5) is 0 Å². The lowest BCUT2D eigenvalue weighted by atomic mass is 10.4. The van der Waals surface area contributed by atoms with Crippen LogP contribution in [0.2, 0.25) is 0 Å². The van der Waals surface area contributed by atoms with E-state index in [9.17, 15) is 9.59 Å². The molecule has 0 radical (unpaired) electrons. The maximum atomic E-state index is 10.4. The van der Waals surface area contributed by atoms with Crippen LogP contribution in [-0.4, -0.2) is 16.7 Å². The van der Waals surface area contributed by atoms with E-state index >= 15 is 0 Å². The van der Waals surface area contributed by atoms with E-state index in [2.05, 4.69) is 7.05 Å². The van der Waals surface area contributed by atoms with Gasteiger partial charge in [-0.2, -0.15) is 0 Å². The maximum Gasteiger partial charge on any atom is 0.200 e. The summed E-state index contributed by atoms with van der Waals surface area (Å²) < 4.78 is 0. The van der Waals surface area contributed by atoms with Gasteiger partial charge in [0.1, 0.15) is 0 Å². The molecule has 1 saturated heterocycles. The molecule has 3 heteroatoms. The molecule has 0 spiro atoms. The summed E-state index contributed by atoms with van der Waals surface area (Å²) in [5.41, 5.74) is 0. The standard InChI is InChI=1S/C5H6NO2/c1-6-4(7)2-3-5(6)8/h1-3H2/q-1. The molecule has 0 saturated carbocycles. The summed E-state index contributed by atoms with van der Waals surface area (Å²) in [7, 11) is 3.23. The molecular weight excluding hydrogens is 106 g/mol. The minimum absolute atomic E-state index is 0.171. The monoisotopic (exact) mass is 112 g/mol. The van der Waals surface area contributed by atoms with E-state index in [-0.39, 0.29) is 11.8 Å². The Hall–Kier alpha value is -0.860. The first kappa shape index (κ1) is 5.28. The summed E-state index contributed by atoms with van der Waals surface area (Å²) in [6, 6.07) is 0. The van der Waals surface area contributed by atoms with Crippen LogP contribution in [0.1, 0.15) is 12.8 Å². The Bertz CT molecular complexity index is 125. The van der Waals surface area contributed by atoms with Crippen LogP contribution < -0.4 is 0 Å². The first-order valence-corrected chi connectivity index (χ1v) is 2.38. The predicted octanol–water partition coefficient (Wildman–Crippen LogP) is -0.0730. The van der Waals surface area contributed by atoms with E-state index in [0.717, 1.165) is 4.90 Å². The molecule has 0 aromatic carbocycles. The largest absolute Gasteiger partial charge is 0.438 e. The third-order valence-corrected chi connectivity index (χ3v) is 1.15. The average molecular weight is 112 g/mol. The Morgan fingerprint density at radius 3 is 1.75 bits per heavy atom. The van der Waals surface area contributed by atoms with E-state index in [0.29, 0.717) is 12.8 Å². The Labute approximate surface area is 47.3 Å². The van der Waals surface area contributed by atoms with Gasteiger partial charge < -0.3 is 4.90 Å². The molecule has 1 aliphatic heterocycles. The molecule has 0 unspecified atom stereocenters. The minimum Gasteiger partial charge on any atom is -0.438 e. The van der Waals surface area contributed by atoms with Gasteiger partial charge in [0.2, 0.25) is 0 Å². The highest BCUT2D eigenvalue weighted by Gasteiger charge is 2.18. The van der Waals surface area contributed by atoms with Crippen molar-refractivity contribution < 1.29 is 9.59 Å². The number of hydrogen-bond donors (Lipinski definition) is 0. The Balaban J connectivity index is 2.70. The van der Waals surface area contributed by atoms with Crippen LogP contribution in [0.15, 0.2) is 0 Å². The molecule has 0 aromatic rings. The lowest BCUT2D eigenvalue weighted by Gasteiger charge is -2.12. The van der Waals surface area contributed by atoms with Crippen LogP contribution in [0, 0.1) is 7.05 Å². The molecule has 0 bridgehead atoms.